The van der Waals surface area contributed by atoms with Gasteiger partial charge in [0, 0.05) is 32.3 Å². The van der Waals surface area contributed by atoms with Crippen molar-refractivity contribution in [3.63, 3.8) is 0 Å². The summed E-state index contributed by atoms with van der Waals surface area (Å²) in [5.74, 6) is -0.756. The van der Waals surface area contributed by atoms with Gasteiger partial charge in [0.25, 0.3) is 5.91 Å². The van der Waals surface area contributed by atoms with E-state index < -0.39 is 15.9 Å². The van der Waals surface area contributed by atoms with E-state index in [9.17, 15) is 18.0 Å². The normalized spacial score (nSPS) is 15.4. The van der Waals surface area contributed by atoms with Crippen molar-refractivity contribution in [1.82, 2.24) is 14.9 Å². The van der Waals surface area contributed by atoms with Crippen LogP contribution in [0.15, 0.2) is 29.2 Å². The van der Waals surface area contributed by atoms with Gasteiger partial charge in [0.2, 0.25) is 15.9 Å². The Balaban J connectivity index is 1.91. The van der Waals surface area contributed by atoms with Crippen LogP contribution in [0.3, 0.4) is 0 Å². The minimum Gasteiger partial charge on any atom is -0.383 e. The second kappa shape index (κ2) is 9.65. The smallest absolute Gasteiger partial charge is 0.251 e. The fourth-order valence-corrected chi connectivity index (χ4v) is 4.17. The molecule has 0 unspecified atom stereocenters. The van der Waals surface area contributed by atoms with E-state index in [1.165, 1.54) is 35.7 Å². The fraction of sp³-hybridized carbons (Fsp3) is 0.529. The summed E-state index contributed by atoms with van der Waals surface area (Å²) in [6.07, 6.45) is 2.78. The summed E-state index contributed by atoms with van der Waals surface area (Å²) in [4.78, 5) is 23.8. The van der Waals surface area contributed by atoms with Gasteiger partial charge in [-0.05, 0) is 37.1 Å². The number of carbonyl (C=O) groups is 2. The molecule has 9 heteroatoms. The number of hydrogen-bond acceptors (Lipinski definition) is 5. The van der Waals surface area contributed by atoms with Crippen molar-refractivity contribution in [3.05, 3.63) is 29.8 Å². The molecule has 2 amide bonds. The average Bonchev–Trinajstić information content (AvgIpc) is 2.67. The number of sulfonamides is 1. The highest BCUT2D eigenvalue weighted by Crippen LogP contribution is 2.20. The van der Waals surface area contributed by atoms with E-state index in [0.29, 0.717) is 31.8 Å². The Labute approximate surface area is 153 Å². The maximum Gasteiger partial charge on any atom is 0.251 e. The number of hydrogen-bond donors (Lipinski definition) is 2. The van der Waals surface area contributed by atoms with E-state index in [0.717, 1.165) is 19.3 Å². The van der Waals surface area contributed by atoms with Gasteiger partial charge in [0.05, 0.1) is 18.0 Å². The van der Waals surface area contributed by atoms with Crippen LogP contribution in [-0.4, -0.2) is 64.4 Å². The largest absolute Gasteiger partial charge is 0.383 e. The van der Waals surface area contributed by atoms with Crippen LogP contribution in [0.2, 0.25) is 0 Å². The number of nitrogens with zero attached hydrogens (tertiary/aromatic N) is 1. The maximum absolute atomic E-state index is 12.6. The molecule has 1 aliphatic heterocycles. The number of carbonyl (C=O) groups excluding carboxylic acids is 2. The van der Waals surface area contributed by atoms with Crippen LogP contribution in [-0.2, 0) is 19.6 Å². The molecule has 0 atom stereocenters. The summed E-state index contributed by atoms with van der Waals surface area (Å²) in [6, 6.07) is 5.76. The molecular formula is C17H25N3O5S. The van der Waals surface area contributed by atoms with Crippen molar-refractivity contribution < 1.29 is 22.7 Å². The van der Waals surface area contributed by atoms with Crippen molar-refractivity contribution in [2.24, 2.45) is 0 Å². The number of nitrogens with one attached hydrogen (secondary N) is 2. The molecule has 2 rings (SSSR count). The second-order valence-electron chi connectivity index (χ2n) is 6.01. The molecule has 0 bridgehead atoms. The topological polar surface area (TPSA) is 105 Å². The van der Waals surface area contributed by atoms with E-state index in [4.69, 9.17) is 4.74 Å². The van der Waals surface area contributed by atoms with Crippen LogP contribution in [0.4, 0.5) is 0 Å². The number of benzene rings is 1. The first-order valence-corrected chi connectivity index (χ1v) is 10.0. The van der Waals surface area contributed by atoms with Crippen LogP contribution in [0.1, 0.15) is 29.6 Å². The third kappa shape index (κ3) is 5.52. The van der Waals surface area contributed by atoms with Gasteiger partial charge in [-0.15, -0.1) is 0 Å². The molecule has 0 spiro atoms. The van der Waals surface area contributed by atoms with E-state index in [1.807, 2.05) is 0 Å². The SMILES string of the molecule is COCCNC(=O)CNC(=O)c1ccc(S(=O)(=O)N2CCCCC2)cc1. The van der Waals surface area contributed by atoms with E-state index in [2.05, 4.69) is 10.6 Å². The molecule has 0 aromatic heterocycles. The van der Waals surface area contributed by atoms with Crippen LogP contribution in [0.5, 0.6) is 0 Å². The van der Waals surface area contributed by atoms with Crippen LogP contribution >= 0.6 is 0 Å². The molecule has 8 nitrogen and oxygen atoms in total. The van der Waals surface area contributed by atoms with Crippen molar-refractivity contribution in [2.45, 2.75) is 24.2 Å². The highest BCUT2D eigenvalue weighted by Gasteiger charge is 2.25. The number of amides is 2. The van der Waals surface area contributed by atoms with Gasteiger partial charge in [-0.2, -0.15) is 4.31 Å². The number of ether oxygens (including phenoxy) is 1. The molecule has 1 aromatic carbocycles. The van der Waals surface area contributed by atoms with Crippen LogP contribution in [0.25, 0.3) is 0 Å². The summed E-state index contributed by atoms with van der Waals surface area (Å²) in [7, 11) is -1.99. The van der Waals surface area contributed by atoms with Gasteiger partial charge >= 0.3 is 0 Å². The van der Waals surface area contributed by atoms with Crippen LogP contribution in [0, 0.1) is 0 Å². The average molecular weight is 383 g/mol. The predicted molar refractivity (Wildman–Crippen MR) is 96.3 cm³/mol. The zero-order valence-corrected chi connectivity index (χ0v) is 15.7. The molecule has 1 heterocycles. The summed E-state index contributed by atoms with van der Waals surface area (Å²) in [5.41, 5.74) is 0.298. The highest BCUT2D eigenvalue weighted by atomic mass is 32.2. The van der Waals surface area contributed by atoms with Crippen molar-refractivity contribution >= 4 is 21.8 Å². The molecule has 2 N–H and O–H groups in total. The predicted octanol–water partition coefficient (Wildman–Crippen LogP) is 0.354. The lowest BCUT2D eigenvalue weighted by Gasteiger charge is -2.25. The van der Waals surface area contributed by atoms with Gasteiger partial charge < -0.3 is 15.4 Å². The Morgan fingerprint density at radius 1 is 1.08 bits per heavy atom. The monoisotopic (exact) mass is 383 g/mol. The van der Waals surface area contributed by atoms with Crippen molar-refractivity contribution in [3.8, 4) is 0 Å². The number of piperidine rings is 1. The lowest BCUT2D eigenvalue weighted by Crippen LogP contribution is -2.38. The minimum absolute atomic E-state index is 0.156. The zero-order valence-electron chi connectivity index (χ0n) is 14.9. The molecule has 0 radical (unpaired) electrons. The van der Waals surface area contributed by atoms with E-state index in [-0.39, 0.29) is 17.3 Å². The third-order valence-corrected chi connectivity index (χ3v) is 6.02. The summed E-state index contributed by atoms with van der Waals surface area (Å²) in [5, 5.41) is 5.09. The Bertz CT molecular complexity index is 712. The van der Waals surface area contributed by atoms with Gasteiger partial charge in [-0.3, -0.25) is 9.59 Å². The molecule has 0 saturated carbocycles. The molecule has 1 saturated heterocycles. The Hall–Kier alpha value is -1.97. The molecule has 144 valence electrons. The molecule has 26 heavy (non-hydrogen) atoms. The van der Waals surface area contributed by atoms with E-state index in [1.54, 1.807) is 0 Å². The molecule has 0 aliphatic carbocycles. The Kier molecular flexibility index (Phi) is 7.55. The van der Waals surface area contributed by atoms with Crippen molar-refractivity contribution in [2.75, 3.05) is 39.9 Å². The zero-order chi connectivity index (χ0) is 19.0. The Morgan fingerprint density at radius 2 is 1.73 bits per heavy atom. The van der Waals surface area contributed by atoms with Gasteiger partial charge in [0.15, 0.2) is 0 Å². The molecule has 1 aromatic rings. The standard InChI is InChI=1S/C17H25N3O5S/c1-25-12-9-18-16(21)13-19-17(22)14-5-7-15(8-6-14)26(23,24)20-10-3-2-4-11-20/h5-8H,2-4,9-13H2,1H3,(H,18,21)(H,19,22). The third-order valence-electron chi connectivity index (χ3n) is 4.11. The first-order chi connectivity index (χ1) is 12.4. The van der Waals surface area contributed by atoms with Crippen molar-refractivity contribution in [1.29, 1.82) is 0 Å². The number of methoxy groups -OCH3 is 1. The summed E-state index contributed by atoms with van der Waals surface area (Å²) in [6.45, 7) is 1.67. The molecule has 1 aliphatic rings. The fourth-order valence-electron chi connectivity index (χ4n) is 2.65. The molecule has 1 fully saturated rings. The minimum atomic E-state index is -3.52. The first kappa shape index (κ1) is 20.3. The van der Waals surface area contributed by atoms with Gasteiger partial charge in [-0.1, -0.05) is 6.42 Å². The van der Waals surface area contributed by atoms with Gasteiger partial charge in [-0.25, -0.2) is 8.42 Å². The van der Waals surface area contributed by atoms with E-state index >= 15 is 0 Å². The van der Waals surface area contributed by atoms with Crippen LogP contribution < -0.4 is 10.6 Å². The second-order valence-corrected chi connectivity index (χ2v) is 7.95. The Morgan fingerprint density at radius 3 is 2.35 bits per heavy atom. The molecular weight excluding hydrogens is 358 g/mol. The summed E-state index contributed by atoms with van der Waals surface area (Å²) >= 11 is 0. The highest BCUT2D eigenvalue weighted by molar-refractivity contribution is 7.89. The first-order valence-electron chi connectivity index (χ1n) is 8.59. The summed E-state index contributed by atoms with van der Waals surface area (Å²) < 4.78 is 31.4. The lowest BCUT2D eigenvalue weighted by atomic mass is 10.2. The maximum atomic E-state index is 12.6. The van der Waals surface area contributed by atoms with Gasteiger partial charge in [0.1, 0.15) is 0 Å². The quantitative estimate of drug-likeness (QED) is 0.631. The number of rotatable bonds is 8. The lowest BCUT2D eigenvalue weighted by molar-refractivity contribution is -0.120.